The van der Waals surface area contributed by atoms with E-state index >= 15 is 0 Å². The first kappa shape index (κ1) is 16.8. The zero-order valence-corrected chi connectivity index (χ0v) is 14.5. The van der Waals surface area contributed by atoms with Gasteiger partial charge in [-0.25, -0.2) is 0 Å². The Morgan fingerprint density at radius 2 is 1.76 bits per heavy atom. The largest absolute Gasteiger partial charge is 0.416 e. The number of halogens is 5. The van der Waals surface area contributed by atoms with Gasteiger partial charge in [0.1, 0.15) is 0 Å². The van der Waals surface area contributed by atoms with Crippen LogP contribution in [0.1, 0.15) is 35.1 Å². The number of hydrogen-bond donors (Lipinski definition) is 1. The van der Waals surface area contributed by atoms with Crippen molar-refractivity contribution in [1.82, 2.24) is 0 Å². The normalized spacial score (nSPS) is 24.6. The van der Waals surface area contributed by atoms with E-state index in [1.54, 1.807) is 18.2 Å². The highest BCUT2D eigenvalue weighted by molar-refractivity contribution is 6.43. The second-order valence-electron chi connectivity index (χ2n) is 6.39. The molecular weight excluding hydrogens is 370 g/mol. The predicted molar refractivity (Wildman–Crippen MR) is 94.3 cm³/mol. The Kier molecular flexibility index (Phi) is 4.00. The average Bonchev–Trinajstić information content (AvgIpc) is 3.06. The lowest BCUT2D eigenvalue weighted by Crippen LogP contribution is -2.31. The quantitative estimate of drug-likeness (QED) is 0.531. The van der Waals surface area contributed by atoms with Crippen molar-refractivity contribution >= 4 is 28.9 Å². The molecule has 3 atom stereocenters. The van der Waals surface area contributed by atoms with E-state index in [2.05, 4.69) is 11.4 Å². The van der Waals surface area contributed by atoms with Gasteiger partial charge in [0.2, 0.25) is 0 Å². The lowest BCUT2D eigenvalue weighted by Gasteiger charge is -2.39. The summed E-state index contributed by atoms with van der Waals surface area (Å²) < 4.78 is 40.5. The summed E-state index contributed by atoms with van der Waals surface area (Å²) in [5.74, 6) is 0.0329. The molecular formula is C19H14Cl2F3N. The van der Waals surface area contributed by atoms with Crippen LogP contribution in [0.2, 0.25) is 10.0 Å². The number of benzene rings is 2. The molecule has 4 rings (SSSR count). The summed E-state index contributed by atoms with van der Waals surface area (Å²) in [5, 5.41) is 3.99. The topological polar surface area (TPSA) is 12.0 Å². The summed E-state index contributed by atoms with van der Waals surface area (Å²) in [4.78, 5) is 0. The van der Waals surface area contributed by atoms with Gasteiger partial charge in [0, 0.05) is 5.92 Å². The van der Waals surface area contributed by atoms with Crippen molar-refractivity contribution in [3.8, 4) is 0 Å². The van der Waals surface area contributed by atoms with E-state index in [1.165, 1.54) is 6.07 Å². The van der Waals surface area contributed by atoms with Crippen LogP contribution in [0.4, 0.5) is 18.9 Å². The number of hydrogen-bond acceptors (Lipinski definition) is 1. The number of fused-ring (bicyclic) bond motifs is 3. The van der Waals surface area contributed by atoms with Crippen LogP contribution in [0.25, 0.3) is 0 Å². The zero-order valence-electron chi connectivity index (χ0n) is 12.9. The number of allylic oxidation sites excluding steroid dienone is 2. The lowest BCUT2D eigenvalue weighted by molar-refractivity contribution is -0.138. The Balaban J connectivity index is 1.87. The van der Waals surface area contributed by atoms with Gasteiger partial charge in [-0.3, -0.25) is 0 Å². The summed E-state index contributed by atoms with van der Waals surface area (Å²) in [6.07, 6.45) is 0.391. The van der Waals surface area contributed by atoms with Crippen molar-refractivity contribution in [1.29, 1.82) is 0 Å². The fraction of sp³-hybridized carbons (Fsp3) is 0.263. The van der Waals surface area contributed by atoms with E-state index in [4.69, 9.17) is 23.2 Å². The van der Waals surface area contributed by atoms with E-state index in [0.717, 1.165) is 11.6 Å². The lowest BCUT2D eigenvalue weighted by atomic mass is 9.76. The SMILES string of the molecule is FC(F)(F)c1ccccc1[C@@H]1Nc2c(ccc(Cl)c2Cl)[C@@H]2C=CC[C@H]21. The smallest absolute Gasteiger partial charge is 0.376 e. The summed E-state index contributed by atoms with van der Waals surface area (Å²) in [6.45, 7) is 0. The third-order valence-corrected chi connectivity index (χ3v) is 5.83. The van der Waals surface area contributed by atoms with Gasteiger partial charge in [-0.15, -0.1) is 0 Å². The van der Waals surface area contributed by atoms with Gasteiger partial charge >= 0.3 is 6.18 Å². The van der Waals surface area contributed by atoms with E-state index in [0.29, 0.717) is 22.2 Å². The highest BCUT2D eigenvalue weighted by Crippen LogP contribution is 2.53. The van der Waals surface area contributed by atoms with Crippen molar-refractivity contribution in [3.05, 3.63) is 75.3 Å². The van der Waals surface area contributed by atoms with Crippen molar-refractivity contribution in [3.63, 3.8) is 0 Å². The highest BCUT2D eigenvalue weighted by Gasteiger charge is 2.43. The maximum atomic E-state index is 13.5. The maximum absolute atomic E-state index is 13.5. The molecule has 0 radical (unpaired) electrons. The Bertz CT molecular complexity index is 860. The van der Waals surface area contributed by atoms with Gasteiger partial charge in [0.15, 0.2) is 0 Å². The first-order valence-electron chi connectivity index (χ1n) is 7.95. The predicted octanol–water partition coefficient (Wildman–Crippen LogP) is 6.84. The number of alkyl halides is 3. The molecule has 1 heterocycles. The molecule has 1 N–H and O–H groups in total. The van der Waals surface area contributed by atoms with Crippen molar-refractivity contribution in [2.24, 2.45) is 5.92 Å². The summed E-state index contributed by atoms with van der Waals surface area (Å²) >= 11 is 12.5. The van der Waals surface area contributed by atoms with E-state index in [9.17, 15) is 13.2 Å². The number of nitrogens with one attached hydrogen (secondary N) is 1. The van der Waals surface area contributed by atoms with E-state index < -0.39 is 17.8 Å². The molecule has 0 fully saturated rings. The summed E-state index contributed by atoms with van der Waals surface area (Å²) in [7, 11) is 0. The molecule has 0 bridgehead atoms. The minimum absolute atomic E-state index is 0.00763. The Labute approximate surface area is 153 Å². The zero-order chi connectivity index (χ0) is 17.8. The molecule has 2 aromatic carbocycles. The standard InChI is InChI=1S/C19H14Cl2F3N/c20-15-9-8-12-10-5-3-6-11(10)17(25-18(12)16(15)21)13-4-1-2-7-14(13)19(22,23)24/h1-5,7-11,17,25H,6H2/t10-,11-,17-/m1/s1. The fourth-order valence-electron chi connectivity index (χ4n) is 3.94. The third kappa shape index (κ3) is 2.72. The molecule has 6 heteroatoms. The second kappa shape index (κ2) is 5.96. The van der Waals surface area contributed by atoms with Gasteiger partial charge in [0.25, 0.3) is 0 Å². The average molecular weight is 384 g/mol. The third-order valence-electron chi connectivity index (χ3n) is 5.03. The summed E-state index contributed by atoms with van der Waals surface area (Å²) in [6, 6.07) is 8.87. The Morgan fingerprint density at radius 3 is 2.52 bits per heavy atom. The molecule has 130 valence electrons. The molecule has 0 spiro atoms. The fourth-order valence-corrected chi connectivity index (χ4v) is 4.32. The molecule has 1 aliphatic heterocycles. The van der Waals surface area contributed by atoms with Crippen LogP contribution in [-0.2, 0) is 6.18 Å². The minimum Gasteiger partial charge on any atom is -0.376 e. The number of rotatable bonds is 1. The Morgan fingerprint density at radius 1 is 1.00 bits per heavy atom. The first-order chi connectivity index (χ1) is 11.9. The molecule has 0 saturated heterocycles. The number of anilines is 1. The van der Waals surface area contributed by atoms with Crippen LogP contribution in [0.5, 0.6) is 0 Å². The molecule has 2 aromatic rings. The van der Waals surface area contributed by atoms with Crippen LogP contribution in [0, 0.1) is 5.92 Å². The van der Waals surface area contributed by atoms with Crippen molar-refractivity contribution in [2.45, 2.75) is 24.6 Å². The maximum Gasteiger partial charge on any atom is 0.416 e. The van der Waals surface area contributed by atoms with Crippen LogP contribution in [0.15, 0.2) is 48.6 Å². The molecule has 0 unspecified atom stereocenters. The molecule has 0 amide bonds. The van der Waals surface area contributed by atoms with Gasteiger partial charge in [-0.1, -0.05) is 59.6 Å². The molecule has 1 nitrogen and oxygen atoms in total. The second-order valence-corrected chi connectivity index (χ2v) is 7.17. The van der Waals surface area contributed by atoms with Crippen molar-refractivity contribution < 1.29 is 13.2 Å². The molecule has 0 saturated carbocycles. The van der Waals surface area contributed by atoms with Crippen molar-refractivity contribution in [2.75, 3.05) is 5.32 Å². The monoisotopic (exact) mass is 383 g/mol. The molecule has 1 aliphatic carbocycles. The van der Waals surface area contributed by atoms with Crippen LogP contribution in [0.3, 0.4) is 0 Å². The minimum atomic E-state index is -4.40. The highest BCUT2D eigenvalue weighted by atomic mass is 35.5. The van der Waals surface area contributed by atoms with Gasteiger partial charge in [-0.05, 0) is 35.6 Å². The van der Waals surface area contributed by atoms with Gasteiger partial charge < -0.3 is 5.32 Å². The molecule has 2 aliphatic rings. The van der Waals surface area contributed by atoms with E-state index in [-0.39, 0.29) is 17.4 Å². The summed E-state index contributed by atoms with van der Waals surface area (Å²) in [5.41, 5.74) is 1.24. The van der Waals surface area contributed by atoms with Gasteiger partial charge in [0.05, 0.1) is 27.3 Å². The first-order valence-corrected chi connectivity index (χ1v) is 8.70. The molecule has 25 heavy (non-hydrogen) atoms. The Hall–Kier alpha value is -1.65. The molecule has 0 aromatic heterocycles. The van der Waals surface area contributed by atoms with Crippen LogP contribution in [-0.4, -0.2) is 0 Å². The van der Waals surface area contributed by atoms with Gasteiger partial charge in [-0.2, -0.15) is 13.2 Å². The van der Waals surface area contributed by atoms with Crippen LogP contribution >= 0.6 is 23.2 Å². The van der Waals surface area contributed by atoms with E-state index in [1.807, 2.05) is 12.1 Å². The van der Waals surface area contributed by atoms with Crippen LogP contribution < -0.4 is 5.32 Å².